The van der Waals surface area contributed by atoms with Crippen LogP contribution in [-0.2, 0) is 0 Å². The van der Waals surface area contributed by atoms with Gasteiger partial charge in [0.15, 0.2) is 11.5 Å². The quantitative estimate of drug-likeness (QED) is 0.468. The smallest absolute Gasteiger partial charge is 0.170 e. The van der Waals surface area contributed by atoms with Crippen LogP contribution in [0.5, 0.6) is 11.5 Å². The number of rotatable bonds is 0. The van der Waals surface area contributed by atoms with Gasteiger partial charge in [0.1, 0.15) is 0 Å². The molecule has 1 nitrogen and oxygen atoms in total. The molecule has 1 heteroatoms. The van der Waals surface area contributed by atoms with Crippen molar-refractivity contribution in [1.29, 1.82) is 0 Å². The molecule has 1 aromatic rings. The number of fused-ring (bicyclic) bond motifs is 1. The summed E-state index contributed by atoms with van der Waals surface area (Å²) in [6.07, 6.45) is 0. The summed E-state index contributed by atoms with van der Waals surface area (Å²) in [6, 6.07) is 6.08. The third kappa shape index (κ3) is 0.413. The van der Waals surface area contributed by atoms with Gasteiger partial charge >= 0.3 is 0 Å². The third-order valence-corrected chi connectivity index (χ3v) is 1.28. The Bertz CT molecular complexity index is 227. The van der Waals surface area contributed by atoms with E-state index in [1.165, 1.54) is 5.56 Å². The van der Waals surface area contributed by atoms with Crippen LogP contribution >= 0.6 is 0 Å². The van der Waals surface area contributed by atoms with E-state index in [1.807, 2.05) is 18.2 Å². The van der Waals surface area contributed by atoms with Gasteiger partial charge in [0.2, 0.25) is 0 Å². The van der Waals surface area contributed by atoms with Crippen molar-refractivity contribution in [3.63, 3.8) is 0 Å². The lowest BCUT2D eigenvalue weighted by atomic mass is 10.2. The summed E-state index contributed by atoms with van der Waals surface area (Å²) in [4.78, 5) is 0. The van der Waals surface area contributed by atoms with Crippen molar-refractivity contribution in [2.75, 3.05) is 0 Å². The maximum atomic E-state index is 5.02. The minimum Gasteiger partial charge on any atom is -0.450 e. The Morgan fingerprint density at radius 2 is 2.12 bits per heavy atom. The second-order valence-electron chi connectivity index (χ2n) is 2.05. The molecular formula is C7H6O. The minimum absolute atomic E-state index is 1.04. The highest BCUT2D eigenvalue weighted by Crippen LogP contribution is 2.44. The lowest BCUT2D eigenvalue weighted by molar-refractivity contribution is 0.649. The molecule has 0 saturated heterocycles. The Morgan fingerprint density at radius 1 is 1.25 bits per heavy atom. The van der Waals surface area contributed by atoms with Gasteiger partial charge in [-0.3, -0.25) is 0 Å². The maximum Gasteiger partial charge on any atom is 0.170 e. The number of hydrogen-bond donors (Lipinski definition) is 0. The van der Waals surface area contributed by atoms with Gasteiger partial charge < -0.3 is 4.74 Å². The van der Waals surface area contributed by atoms with Crippen molar-refractivity contribution >= 4 is 0 Å². The van der Waals surface area contributed by atoms with Crippen LogP contribution in [0.15, 0.2) is 18.2 Å². The van der Waals surface area contributed by atoms with Crippen LogP contribution in [0.1, 0.15) is 5.56 Å². The minimum atomic E-state index is 1.04. The average molecular weight is 106 g/mol. The molecule has 0 spiro atoms. The molecule has 0 fully saturated rings. The van der Waals surface area contributed by atoms with Crippen LogP contribution in [0.4, 0.5) is 0 Å². The molecule has 2 rings (SSSR count). The SMILES string of the molecule is Cc1ccc2c(c1)O2. The first-order valence-electron chi connectivity index (χ1n) is 2.65. The van der Waals surface area contributed by atoms with Gasteiger partial charge in [0.05, 0.1) is 0 Å². The molecule has 0 amide bonds. The zero-order valence-electron chi connectivity index (χ0n) is 4.64. The fourth-order valence-electron chi connectivity index (χ4n) is 0.772. The molecule has 1 aliphatic rings. The van der Waals surface area contributed by atoms with Crippen LogP contribution in [0.25, 0.3) is 0 Å². The van der Waals surface area contributed by atoms with E-state index < -0.39 is 0 Å². The summed E-state index contributed by atoms with van der Waals surface area (Å²) in [5, 5.41) is 0. The highest BCUT2D eigenvalue weighted by molar-refractivity contribution is 5.55. The number of ether oxygens (including phenoxy) is 1. The summed E-state index contributed by atoms with van der Waals surface area (Å²) in [5.74, 6) is 2.08. The van der Waals surface area contributed by atoms with Gasteiger partial charge in [-0.2, -0.15) is 0 Å². The molecule has 0 atom stereocenters. The van der Waals surface area contributed by atoms with E-state index in [2.05, 4.69) is 6.92 Å². The van der Waals surface area contributed by atoms with Crippen molar-refractivity contribution in [3.05, 3.63) is 23.8 Å². The molecule has 0 N–H and O–H groups in total. The first-order chi connectivity index (χ1) is 3.86. The van der Waals surface area contributed by atoms with E-state index in [0.29, 0.717) is 0 Å². The first kappa shape index (κ1) is 3.96. The largest absolute Gasteiger partial charge is 0.450 e. The number of benzene rings is 1. The van der Waals surface area contributed by atoms with E-state index in [1.54, 1.807) is 0 Å². The molecular weight excluding hydrogens is 100 g/mol. The lowest BCUT2D eigenvalue weighted by Gasteiger charge is -1.77. The summed E-state index contributed by atoms with van der Waals surface area (Å²) < 4.78 is 5.02. The first-order valence-corrected chi connectivity index (χ1v) is 2.65. The predicted octanol–water partition coefficient (Wildman–Crippen LogP) is 2.10. The predicted molar refractivity (Wildman–Crippen MR) is 31.3 cm³/mol. The molecule has 0 aromatic heterocycles. The van der Waals surface area contributed by atoms with Gasteiger partial charge in [-0.1, -0.05) is 6.07 Å². The molecule has 1 aromatic carbocycles. The molecule has 0 saturated carbocycles. The Balaban J connectivity index is 2.64. The van der Waals surface area contributed by atoms with E-state index in [4.69, 9.17) is 4.74 Å². The summed E-state index contributed by atoms with van der Waals surface area (Å²) in [5.41, 5.74) is 1.27. The van der Waals surface area contributed by atoms with Crippen LogP contribution in [0.3, 0.4) is 0 Å². The van der Waals surface area contributed by atoms with Crippen LogP contribution in [0.2, 0.25) is 0 Å². The molecule has 0 aliphatic carbocycles. The second-order valence-corrected chi connectivity index (χ2v) is 2.05. The lowest BCUT2D eigenvalue weighted by Crippen LogP contribution is -1.57. The summed E-state index contributed by atoms with van der Waals surface area (Å²) in [7, 11) is 0. The highest BCUT2D eigenvalue weighted by Gasteiger charge is 2.17. The van der Waals surface area contributed by atoms with Crippen molar-refractivity contribution in [1.82, 2.24) is 0 Å². The van der Waals surface area contributed by atoms with Crippen molar-refractivity contribution in [2.24, 2.45) is 0 Å². The van der Waals surface area contributed by atoms with Crippen molar-refractivity contribution in [2.45, 2.75) is 6.92 Å². The van der Waals surface area contributed by atoms with Crippen LogP contribution in [-0.4, -0.2) is 0 Å². The van der Waals surface area contributed by atoms with Crippen molar-refractivity contribution in [3.8, 4) is 11.5 Å². The third-order valence-electron chi connectivity index (χ3n) is 1.28. The Morgan fingerprint density at radius 3 is 2.75 bits per heavy atom. The van der Waals surface area contributed by atoms with Crippen LogP contribution < -0.4 is 4.74 Å². The van der Waals surface area contributed by atoms with Gasteiger partial charge in [0, 0.05) is 0 Å². The van der Waals surface area contributed by atoms with E-state index in [0.717, 1.165) is 11.5 Å². The molecule has 0 bridgehead atoms. The zero-order chi connectivity index (χ0) is 5.56. The Hall–Kier alpha value is -0.980. The fraction of sp³-hybridized carbons (Fsp3) is 0.143. The monoisotopic (exact) mass is 106 g/mol. The molecule has 40 valence electrons. The Kier molecular flexibility index (Phi) is 0.519. The molecule has 0 radical (unpaired) electrons. The normalized spacial score (nSPS) is 12.1. The maximum absolute atomic E-state index is 5.02. The number of hydrogen-bond acceptors (Lipinski definition) is 1. The number of aryl methyl sites for hydroxylation is 1. The summed E-state index contributed by atoms with van der Waals surface area (Å²) in [6.45, 7) is 2.06. The van der Waals surface area contributed by atoms with E-state index in [9.17, 15) is 0 Å². The highest BCUT2D eigenvalue weighted by atomic mass is 16.6. The zero-order valence-corrected chi connectivity index (χ0v) is 4.64. The van der Waals surface area contributed by atoms with Gasteiger partial charge in [-0.25, -0.2) is 0 Å². The average Bonchev–Trinajstić information content (AvgIpc) is 2.43. The molecule has 8 heavy (non-hydrogen) atoms. The standard InChI is InChI=1S/C7H6O/c1-5-2-3-6-7(4-5)8-6/h2-4H,1H3. The van der Waals surface area contributed by atoms with Gasteiger partial charge in [-0.15, -0.1) is 0 Å². The van der Waals surface area contributed by atoms with E-state index >= 15 is 0 Å². The molecule has 1 heterocycles. The molecule has 0 unspecified atom stereocenters. The fourth-order valence-corrected chi connectivity index (χ4v) is 0.772. The van der Waals surface area contributed by atoms with Crippen molar-refractivity contribution < 1.29 is 4.74 Å². The Labute approximate surface area is 47.9 Å². The summed E-state index contributed by atoms with van der Waals surface area (Å²) >= 11 is 0. The van der Waals surface area contributed by atoms with Gasteiger partial charge in [-0.05, 0) is 24.6 Å². The van der Waals surface area contributed by atoms with E-state index in [-0.39, 0.29) is 0 Å². The van der Waals surface area contributed by atoms with Gasteiger partial charge in [0.25, 0.3) is 0 Å². The van der Waals surface area contributed by atoms with Crippen LogP contribution in [0, 0.1) is 6.92 Å². The molecule has 1 aliphatic heterocycles. The second kappa shape index (κ2) is 1.05. The topological polar surface area (TPSA) is 12.5 Å².